The average Bonchev–Trinajstić information content (AvgIpc) is 2.63. The second-order valence-electron chi connectivity index (χ2n) is 5.55. The maximum absolute atomic E-state index is 13.4. The van der Waals surface area contributed by atoms with Gasteiger partial charge in [-0.25, -0.2) is 14.4 Å². The molecule has 2 aromatic rings. The zero-order valence-corrected chi connectivity index (χ0v) is 13.5. The van der Waals surface area contributed by atoms with Crippen LogP contribution in [0.15, 0.2) is 36.7 Å². The first-order valence-electron chi connectivity index (χ1n) is 7.79. The highest BCUT2D eigenvalue weighted by Crippen LogP contribution is 2.21. The molecule has 1 aliphatic heterocycles. The highest BCUT2D eigenvalue weighted by Gasteiger charge is 2.23. The fourth-order valence-corrected chi connectivity index (χ4v) is 2.77. The lowest BCUT2D eigenvalue weighted by molar-refractivity contribution is -0.130. The second kappa shape index (κ2) is 7.25. The van der Waals surface area contributed by atoms with Crippen molar-refractivity contribution in [1.82, 2.24) is 14.9 Å². The molecule has 126 valence electrons. The number of piperazine rings is 1. The van der Waals surface area contributed by atoms with Crippen LogP contribution in [0.25, 0.3) is 0 Å². The van der Waals surface area contributed by atoms with Crippen LogP contribution in [0.4, 0.5) is 10.3 Å². The molecular formula is C17H19FN4O2. The summed E-state index contributed by atoms with van der Waals surface area (Å²) in [5, 5.41) is 0. The SMILES string of the molecule is COc1ccc(F)cc1CC(=O)N1CCN(c2ncccn2)CC1. The Morgan fingerprint density at radius 3 is 2.58 bits per heavy atom. The van der Waals surface area contributed by atoms with Gasteiger partial charge in [-0.3, -0.25) is 4.79 Å². The molecule has 0 saturated carbocycles. The number of hydrogen-bond donors (Lipinski definition) is 0. The van der Waals surface area contributed by atoms with Crippen molar-refractivity contribution in [2.45, 2.75) is 6.42 Å². The van der Waals surface area contributed by atoms with E-state index >= 15 is 0 Å². The summed E-state index contributed by atoms with van der Waals surface area (Å²) in [6.07, 6.45) is 3.54. The van der Waals surface area contributed by atoms with Crippen molar-refractivity contribution in [2.75, 3.05) is 38.2 Å². The van der Waals surface area contributed by atoms with Gasteiger partial charge in [0.15, 0.2) is 0 Å². The van der Waals surface area contributed by atoms with Crippen molar-refractivity contribution < 1.29 is 13.9 Å². The van der Waals surface area contributed by atoms with Crippen LogP contribution in [0.5, 0.6) is 5.75 Å². The number of nitrogens with zero attached hydrogens (tertiary/aromatic N) is 4. The molecule has 0 spiro atoms. The van der Waals surface area contributed by atoms with E-state index in [1.807, 2.05) is 4.90 Å². The lowest BCUT2D eigenvalue weighted by Gasteiger charge is -2.34. The van der Waals surface area contributed by atoms with Gasteiger partial charge in [0.25, 0.3) is 0 Å². The number of benzene rings is 1. The fourth-order valence-electron chi connectivity index (χ4n) is 2.77. The number of amides is 1. The third-order valence-corrected chi connectivity index (χ3v) is 4.05. The quantitative estimate of drug-likeness (QED) is 0.851. The third kappa shape index (κ3) is 3.61. The summed E-state index contributed by atoms with van der Waals surface area (Å²) in [4.78, 5) is 24.8. The highest BCUT2D eigenvalue weighted by molar-refractivity contribution is 5.79. The zero-order valence-electron chi connectivity index (χ0n) is 13.5. The van der Waals surface area contributed by atoms with Crippen molar-refractivity contribution in [3.63, 3.8) is 0 Å². The predicted molar refractivity (Wildman–Crippen MR) is 87.5 cm³/mol. The first-order chi connectivity index (χ1) is 11.7. The molecular weight excluding hydrogens is 311 g/mol. The standard InChI is InChI=1S/C17H19FN4O2/c1-24-15-4-3-14(18)11-13(15)12-16(23)21-7-9-22(10-8-21)17-19-5-2-6-20-17/h2-6,11H,7-10,12H2,1H3. The molecule has 7 heteroatoms. The van der Waals surface area contributed by atoms with E-state index in [1.54, 1.807) is 29.4 Å². The average molecular weight is 330 g/mol. The molecule has 2 heterocycles. The molecule has 1 aromatic heterocycles. The van der Waals surface area contributed by atoms with E-state index in [2.05, 4.69) is 9.97 Å². The first-order valence-corrected chi connectivity index (χ1v) is 7.79. The van der Waals surface area contributed by atoms with Gasteiger partial charge >= 0.3 is 0 Å². The van der Waals surface area contributed by atoms with Gasteiger partial charge in [0.05, 0.1) is 13.5 Å². The Bertz CT molecular complexity index is 703. The lowest BCUT2D eigenvalue weighted by Crippen LogP contribution is -2.49. The van der Waals surface area contributed by atoms with Gasteiger partial charge in [0.1, 0.15) is 11.6 Å². The second-order valence-corrected chi connectivity index (χ2v) is 5.55. The molecule has 24 heavy (non-hydrogen) atoms. The zero-order chi connectivity index (χ0) is 16.9. The van der Waals surface area contributed by atoms with Crippen LogP contribution < -0.4 is 9.64 Å². The topological polar surface area (TPSA) is 58.6 Å². The van der Waals surface area contributed by atoms with Gasteiger partial charge in [0.2, 0.25) is 11.9 Å². The van der Waals surface area contributed by atoms with Crippen molar-refractivity contribution >= 4 is 11.9 Å². The van der Waals surface area contributed by atoms with Crippen LogP contribution in [0.1, 0.15) is 5.56 Å². The highest BCUT2D eigenvalue weighted by atomic mass is 19.1. The largest absolute Gasteiger partial charge is 0.496 e. The van der Waals surface area contributed by atoms with Crippen LogP contribution in [-0.2, 0) is 11.2 Å². The van der Waals surface area contributed by atoms with Gasteiger partial charge in [-0.05, 0) is 24.3 Å². The number of halogens is 1. The number of carbonyl (C=O) groups is 1. The molecule has 0 N–H and O–H groups in total. The van der Waals surface area contributed by atoms with E-state index < -0.39 is 0 Å². The Kier molecular flexibility index (Phi) is 4.88. The number of carbonyl (C=O) groups excluding carboxylic acids is 1. The molecule has 0 atom stereocenters. The molecule has 6 nitrogen and oxygen atoms in total. The summed E-state index contributed by atoms with van der Waals surface area (Å²) < 4.78 is 18.6. The Morgan fingerprint density at radius 2 is 1.92 bits per heavy atom. The summed E-state index contributed by atoms with van der Waals surface area (Å²) >= 11 is 0. The van der Waals surface area contributed by atoms with Gasteiger partial charge in [-0.1, -0.05) is 0 Å². The first kappa shape index (κ1) is 16.2. The molecule has 1 fully saturated rings. The van der Waals surface area contributed by atoms with Crippen LogP contribution in [0.2, 0.25) is 0 Å². The number of aromatic nitrogens is 2. The normalized spacial score (nSPS) is 14.6. The number of anilines is 1. The minimum absolute atomic E-state index is 0.0347. The summed E-state index contributed by atoms with van der Waals surface area (Å²) in [5.41, 5.74) is 0.566. The van der Waals surface area contributed by atoms with Crippen LogP contribution in [0.3, 0.4) is 0 Å². The minimum Gasteiger partial charge on any atom is -0.496 e. The summed E-state index contributed by atoms with van der Waals surface area (Å²) in [5.74, 6) is 0.801. The van der Waals surface area contributed by atoms with E-state index in [1.165, 1.54) is 19.2 Å². The van der Waals surface area contributed by atoms with Crippen LogP contribution in [-0.4, -0.2) is 54.1 Å². The maximum atomic E-state index is 13.4. The maximum Gasteiger partial charge on any atom is 0.227 e. The van der Waals surface area contributed by atoms with Gasteiger partial charge in [0, 0.05) is 44.1 Å². The Balaban J connectivity index is 1.61. The lowest BCUT2D eigenvalue weighted by atomic mass is 10.1. The van der Waals surface area contributed by atoms with E-state index in [0.29, 0.717) is 43.4 Å². The van der Waals surface area contributed by atoms with E-state index in [9.17, 15) is 9.18 Å². The van der Waals surface area contributed by atoms with Gasteiger partial charge < -0.3 is 14.5 Å². The van der Waals surface area contributed by atoms with Crippen LogP contribution in [0, 0.1) is 5.82 Å². The monoisotopic (exact) mass is 330 g/mol. The summed E-state index contributed by atoms with van der Waals surface area (Å²) in [6.45, 7) is 2.54. The van der Waals surface area contributed by atoms with Crippen molar-refractivity contribution in [1.29, 1.82) is 0 Å². The van der Waals surface area contributed by atoms with E-state index in [0.717, 1.165) is 0 Å². The molecule has 3 rings (SSSR count). The smallest absolute Gasteiger partial charge is 0.227 e. The van der Waals surface area contributed by atoms with E-state index in [4.69, 9.17) is 4.74 Å². The predicted octanol–water partition coefficient (Wildman–Crippen LogP) is 1.52. The molecule has 1 aliphatic rings. The molecule has 0 bridgehead atoms. The Morgan fingerprint density at radius 1 is 1.21 bits per heavy atom. The number of rotatable bonds is 4. The molecule has 1 saturated heterocycles. The van der Waals surface area contributed by atoms with Gasteiger partial charge in [-0.2, -0.15) is 0 Å². The molecule has 1 aromatic carbocycles. The summed E-state index contributed by atoms with van der Waals surface area (Å²) in [7, 11) is 1.51. The van der Waals surface area contributed by atoms with Crippen LogP contribution >= 0.6 is 0 Å². The molecule has 0 radical (unpaired) electrons. The minimum atomic E-state index is -0.371. The van der Waals surface area contributed by atoms with Gasteiger partial charge in [-0.15, -0.1) is 0 Å². The molecule has 0 aliphatic carbocycles. The summed E-state index contributed by atoms with van der Waals surface area (Å²) in [6, 6.07) is 5.99. The number of ether oxygens (including phenoxy) is 1. The number of methoxy groups -OCH3 is 1. The fraction of sp³-hybridized carbons (Fsp3) is 0.353. The third-order valence-electron chi connectivity index (χ3n) is 4.05. The molecule has 1 amide bonds. The van der Waals surface area contributed by atoms with Crippen molar-refractivity contribution in [3.8, 4) is 5.75 Å². The van der Waals surface area contributed by atoms with Crippen molar-refractivity contribution in [2.24, 2.45) is 0 Å². The van der Waals surface area contributed by atoms with E-state index in [-0.39, 0.29) is 18.1 Å². The Hall–Kier alpha value is -2.70. The molecule has 0 unspecified atom stereocenters. The Labute approximate surface area is 139 Å². The number of hydrogen-bond acceptors (Lipinski definition) is 5. The van der Waals surface area contributed by atoms with Crippen molar-refractivity contribution in [3.05, 3.63) is 48.0 Å².